The standard InChI is InChI=1S/C8H14N2O2/c1-4(11)7-5(9)2-3-6-8(10-7)12-6/h5-8,10H,2-3,9H2,1H3. The molecule has 4 unspecified atom stereocenters. The molecule has 4 atom stereocenters. The number of fused-ring (bicyclic) bond motifs is 1. The Kier molecular flexibility index (Phi) is 1.90. The molecule has 0 aromatic rings. The minimum atomic E-state index is -0.206. The summed E-state index contributed by atoms with van der Waals surface area (Å²) in [6, 6.07) is -0.249. The molecule has 0 aromatic carbocycles. The van der Waals surface area contributed by atoms with Crippen LogP contribution in [0.3, 0.4) is 0 Å². The summed E-state index contributed by atoms with van der Waals surface area (Å²) in [6.45, 7) is 1.57. The van der Waals surface area contributed by atoms with Gasteiger partial charge in [0.05, 0.1) is 12.1 Å². The predicted molar refractivity (Wildman–Crippen MR) is 43.5 cm³/mol. The van der Waals surface area contributed by atoms with Crippen LogP contribution >= 0.6 is 0 Å². The van der Waals surface area contributed by atoms with Crippen LogP contribution in [0.1, 0.15) is 19.8 Å². The number of carbonyl (C=O) groups is 1. The molecule has 3 N–H and O–H groups in total. The lowest BCUT2D eigenvalue weighted by Gasteiger charge is -2.19. The highest BCUT2D eigenvalue weighted by Gasteiger charge is 2.44. The molecule has 68 valence electrons. The van der Waals surface area contributed by atoms with E-state index in [9.17, 15) is 4.79 Å². The zero-order valence-electron chi connectivity index (χ0n) is 7.12. The van der Waals surface area contributed by atoms with E-state index in [1.807, 2.05) is 0 Å². The maximum Gasteiger partial charge on any atom is 0.148 e. The second-order valence-corrected chi connectivity index (χ2v) is 3.59. The van der Waals surface area contributed by atoms with Gasteiger partial charge >= 0.3 is 0 Å². The smallest absolute Gasteiger partial charge is 0.148 e. The maximum atomic E-state index is 11.1. The molecule has 0 spiro atoms. The number of Topliss-reactive ketones (excluding diaryl/α,β-unsaturated/α-hetero) is 1. The van der Waals surface area contributed by atoms with E-state index in [1.54, 1.807) is 6.92 Å². The summed E-state index contributed by atoms with van der Waals surface area (Å²) < 4.78 is 5.27. The Morgan fingerprint density at radius 3 is 3.00 bits per heavy atom. The van der Waals surface area contributed by atoms with E-state index in [-0.39, 0.29) is 24.1 Å². The third-order valence-electron chi connectivity index (χ3n) is 2.58. The zero-order chi connectivity index (χ0) is 8.72. The van der Waals surface area contributed by atoms with Gasteiger partial charge in [0.1, 0.15) is 12.0 Å². The fourth-order valence-electron chi connectivity index (χ4n) is 1.75. The maximum absolute atomic E-state index is 11.1. The first-order valence-electron chi connectivity index (χ1n) is 4.36. The van der Waals surface area contributed by atoms with E-state index in [2.05, 4.69) is 5.32 Å². The molecule has 4 heteroatoms. The van der Waals surface area contributed by atoms with Gasteiger partial charge < -0.3 is 10.5 Å². The van der Waals surface area contributed by atoms with Gasteiger partial charge in [0.2, 0.25) is 0 Å². The van der Waals surface area contributed by atoms with E-state index < -0.39 is 0 Å². The third kappa shape index (κ3) is 1.37. The van der Waals surface area contributed by atoms with Gasteiger partial charge in [-0.2, -0.15) is 0 Å². The molecule has 0 saturated carbocycles. The molecule has 2 heterocycles. The Labute approximate surface area is 71.4 Å². The lowest BCUT2D eigenvalue weighted by atomic mass is 10.0. The second-order valence-electron chi connectivity index (χ2n) is 3.59. The summed E-state index contributed by atoms with van der Waals surface area (Å²) in [5.74, 6) is 0.110. The van der Waals surface area contributed by atoms with E-state index in [0.717, 1.165) is 12.8 Å². The first-order valence-corrected chi connectivity index (χ1v) is 4.36. The van der Waals surface area contributed by atoms with Crippen molar-refractivity contribution in [2.45, 2.75) is 44.2 Å². The lowest BCUT2D eigenvalue weighted by molar-refractivity contribution is -0.119. The van der Waals surface area contributed by atoms with Crippen molar-refractivity contribution in [3.05, 3.63) is 0 Å². The fourth-order valence-corrected chi connectivity index (χ4v) is 1.75. The van der Waals surface area contributed by atoms with Gasteiger partial charge in [0.25, 0.3) is 0 Å². The van der Waals surface area contributed by atoms with Crippen molar-refractivity contribution in [2.24, 2.45) is 5.73 Å². The van der Waals surface area contributed by atoms with Crippen molar-refractivity contribution in [1.82, 2.24) is 5.32 Å². The number of nitrogens with one attached hydrogen (secondary N) is 1. The molecule has 12 heavy (non-hydrogen) atoms. The van der Waals surface area contributed by atoms with E-state index in [4.69, 9.17) is 10.5 Å². The van der Waals surface area contributed by atoms with Crippen LogP contribution in [0.15, 0.2) is 0 Å². The molecule has 4 nitrogen and oxygen atoms in total. The van der Waals surface area contributed by atoms with Gasteiger partial charge in [0, 0.05) is 6.04 Å². The van der Waals surface area contributed by atoms with Crippen molar-refractivity contribution in [1.29, 1.82) is 0 Å². The quantitative estimate of drug-likeness (QED) is 0.515. The van der Waals surface area contributed by atoms with Gasteiger partial charge in [0.15, 0.2) is 0 Å². The van der Waals surface area contributed by atoms with Gasteiger partial charge in [-0.15, -0.1) is 0 Å². The normalized spacial score (nSPS) is 46.2. The van der Waals surface area contributed by atoms with Crippen molar-refractivity contribution >= 4 is 5.78 Å². The average molecular weight is 170 g/mol. The lowest BCUT2D eigenvalue weighted by Crippen LogP contribution is -2.49. The Balaban J connectivity index is 2.03. The molecule has 2 rings (SSSR count). The first-order chi connectivity index (χ1) is 5.68. The topological polar surface area (TPSA) is 67.7 Å². The van der Waals surface area contributed by atoms with E-state index in [1.165, 1.54) is 0 Å². The zero-order valence-corrected chi connectivity index (χ0v) is 7.12. The predicted octanol–water partition coefficient (Wildman–Crippen LogP) is -0.620. The van der Waals surface area contributed by atoms with Crippen LogP contribution < -0.4 is 11.1 Å². The largest absolute Gasteiger partial charge is 0.353 e. The van der Waals surface area contributed by atoms with Gasteiger partial charge in [-0.25, -0.2) is 0 Å². The van der Waals surface area contributed by atoms with E-state index in [0.29, 0.717) is 6.10 Å². The van der Waals surface area contributed by atoms with Gasteiger partial charge in [-0.05, 0) is 19.8 Å². The van der Waals surface area contributed by atoms with Crippen LogP contribution in [-0.2, 0) is 9.53 Å². The Morgan fingerprint density at radius 2 is 2.33 bits per heavy atom. The Bertz CT molecular complexity index is 207. The highest BCUT2D eigenvalue weighted by atomic mass is 16.6. The molecular weight excluding hydrogens is 156 g/mol. The SMILES string of the molecule is CC(=O)C1NC2OC2CCC1N. The molecule has 0 aromatic heterocycles. The average Bonchev–Trinajstić information content (AvgIpc) is 2.72. The number of nitrogens with two attached hydrogens (primary N) is 1. The van der Waals surface area contributed by atoms with Gasteiger partial charge in [-0.1, -0.05) is 0 Å². The molecule has 0 aliphatic carbocycles. The van der Waals surface area contributed by atoms with Gasteiger partial charge in [-0.3, -0.25) is 10.1 Å². The number of epoxide rings is 1. The van der Waals surface area contributed by atoms with Crippen LogP contribution in [0, 0.1) is 0 Å². The van der Waals surface area contributed by atoms with Crippen molar-refractivity contribution < 1.29 is 9.53 Å². The Hall–Kier alpha value is -0.450. The molecule has 2 aliphatic heterocycles. The minimum absolute atomic E-state index is 0.0427. The molecular formula is C8H14N2O2. The number of ketones is 1. The fraction of sp³-hybridized carbons (Fsp3) is 0.875. The monoisotopic (exact) mass is 170 g/mol. The summed E-state index contributed by atoms with van der Waals surface area (Å²) >= 11 is 0. The highest BCUT2D eigenvalue weighted by molar-refractivity contribution is 5.82. The molecule has 0 bridgehead atoms. The second kappa shape index (κ2) is 2.80. The number of hydrogen-bond donors (Lipinski definition) is 2. The van der Waals surface area contributed by atoms with Crippen LogP contribution in [-0.4, -0.2) is 30.2 Å². The number of rotatable bonds is 1. The molecule has 2 fully saturated rings. The number of carbonyl (C=O) groups excluding carboxylic acids is 1. The molecule has 2 saturated heterocycles. The highest BCUT2D eigenvalue weighted by Crippen LogP contribution is 2.28. The van der Waals surface area contributed by atoms with E-state index >= 15 is 0 Å². The number of hydrogen-bond acceptors (Lipinski definition) is 4. The molecule has 2 aliphatic rings. The van der Waals surface area contributed by atoms with Crippen molar-refractivity contribution in [2.75, 3.05) is 0 Å². The molecule has 0 radical (unpaired) electrons. The third-order valence-corrected chi connectivity index (χ3v) is 2.58. The van der Waals surface area contributed by atoms with Crippen LogP contribution in [0.25, 0.3) is 0 Å². The summed E-state index contributed by atoms with van der Waals surface area (Å²) in [7, 11) is 0. The summed E-state index contributed by atoms with van der Waals surface area (Å²) in [4.78, 5) is 11.1. The Morgan fingerprint density at radius 1 is 1.58 bits per heavy atom. The first kappa shape index (κ1) is 8.16. The number of ether oxygens (including phenoxy) is 1. The van der Waals surface area contributed by atoms with Crippen LogP contribution in [0.5, 0.6) is 0 Å². The van der Waals surface area contributed by atoms with Crippen LogP contribution in [0.4, 0.5) is 0 Å². The van der Waals surface area contributed by atoms with Crippen LogP contribution in [0.2, 0.25) is 0 Å². The summed E-state index contributed by atoms with van der Waals surface area (Å²) in [5.41, 5.74) is 5.82. The van der Waals surface area contributed by atoms with Crippen molar-refractivity contribution in [3.63, 3.8) is 0 Å². The summed E-state index contributed by atoms with van der Waals surface area (Å²) in [5, 5.41) is 3.11. The minimum Gasteiger partial charge on any atom is -0.353 e. The van der Waals surface area contributed by atoms with Crippen molar-refractivity contribution in [3.8, 4) is 0 Å². The molecule has 0 amide bonds. The summed E-state index contributed by atoms with van der Waals surface area (Å²) in [6.07, 6.45) is 2.24.